The Morgan fingerprint density at radius 2 is 2.03 bits per heavy atom. The highest BCUT2D eigenvalue weighted by Gasteiger charge is 2.80. The summed E-state index contributed by atoms with van der Waals surface area (Å²) in [5.41, 5.74) is 8.46. The fourth-order valence-electron chi connectivity index (χ4n) is 9.45. The largest absolute Gasteiger partial charge is 0.493 e. The van der Waals surface area contributed by atoms with Gasteiger partial charge in [0, 0.05) is 42.0 Å². The second kappa shape index (κ2) is 8.09. The van der Waals surface area contributed by atoms with Crippen molar-refractivity contribution in [3.63, 3.8) is 0 Å². The molecule has 7 atom stereocenters. The van der Waals surface area contributed by atoms with Gasteiger partial charge in [0.1, 0.15) is 17.7 Å². The van der Waals surface area contributed by atoms with E-state index in [1.165, 1.54) is 30.5 Å². The molecule has 4 bridgehead atoms. The van der Waals surface area contributed by atoms with E-state index in [0.29, 0.717) is 12.6 Å². The molecule has 2 heterocycles. The van der Waals surface area contributed by atoms with Crippen LogP contribution in [0, 0.1) is 23.2 Å². The van der Waals surface area contributed by atoms with E-state index in [4.69, 9.17) is 24.7 Å². The van der Waals surface area contributed by atoms with Crippen molar-refractivity contribution in [1.82, 2.24) is 4.90 Å². The third kappa shape index (κ3) is 2.97. The van der Waals surface area contributed by atoms with Gasteiger partial charge in [0.2, 0.25) is 0 Å². The van der Waals surface area contributed by atoms with Crippen LogP contribution >= 0.6 is 0 Å². The van der Waals surface area contributed by atoms with Gasteiger partial charge in [0.15, 0.2) is 11.5 Å². The summed E-state index contributed by atoms with van der Waals surface area (Å²) >= 11 is 0. The fourth-order valence-corrected chi connectivity index (χ4v) is 9.45. The molecule has 7 heteroatoms. The van der Waals surface area contributed by atoms with Crippen molar-refractivity contribution in [2.24, 2.45) is 28.9 Å². The maximum atomic E-state index is 12.8. The Balaban J connectivity index is 1.33. The molecule has 3 unspecified atom stereocenters. The second-order valence-electron chi connectivity index (χ2n) is 13.1. The summed E-state index contributed by atoms with van der Waals surface area (Å²) < 4.78 is 25.4. The Morgan fingerprint density at radius 3 is 2.73 bits per heavy atom. The zero-order valence-electron chi connectivity index (χ0n) is 22.8. The first-order valence-corrected chi connectivity index (χ1v) is 14.4. The van der Waals surface area contributed by atoms with Crippen molar-refractivity contribution in [2.75, 3.05) is 33.9 Å². The van der Waals surface area contributed by atoms with Gasteiger partial charge in [-0.05, 0) is 75.0 Å². The highest BCUT2D eigenvalue weighted by Crippen LogP contribution is 2.76. The highest BCUT2D eigenvalue weighted by molar-refractivity contribution is 5.75. The Bertz CT molecular complexity index is 1120. The van der Waals surface area contributed by atoms with Gasteiger partial charge in [-0.1, -0.05) is 19.9 Å². The number of esters is 1. The van der Waals surface area contributed by atoms with E-state index >= 15 is 0 Å². The van der Waals surface area contributed by atoms with Crippen LogP contribution in [0.5, 0.6) is 11.5 Å². The van der Waals surface area contributed by atoms with Crippen molar-refractivity contribution in [1.29, 1.82) is 0 Å². The van der Waals surface area contributed by atoms with E-state index in [1.807, 2.05) is 21.0 Å². The quantitative estimate of drug-likeness (QED) is 0.537. The van der Waals surface area contributed by atoms with Gasteiger partial charge in [-0.2, -0.15) is 0 Å². The lowest BCUT2D eigenvalue weighted by atomic mass is 9.35. The van der Waals surface area contributed by atoms with Gasteiger partial charge >= 0.3 is 5.97 Å². The summed E-state index contributed by atoms with van der Waals surface area (Å²) in [4.78, 5) is 15.6. The minimum absolute atomic E-state index is 0.0424. The molecule has 5 fully saturated rings. The SMILES string of the molecule is COc1ccc2c3c1O[C@H]1C4(OC)CCC5(C[C@@H]4COC(=O)[C@@H](N)C(C)C)[C@@H](C2)N(CC2CC2)CCC315. The van der Waals surface area contributed by atoms with Crippen molar-refractivity contribution in [3.8, 4) is 11.5 Å². The number of carbonyl (C=O) groups excluding carboxylic acids is 1. The Hall–Kier alpha value is -1.83. The van der Waals surface area contributed by atoms with E-state index < -0.39 is 11.6 Å². The summed E-state index contributed by atoms with van der Waals surface area (Å²) in [6.45, 7) is 6.58. The normalized spacial score (nSPS) is 39.8. The van der Waals surface area contributed by atoms with Gasteiger partial charge in [-0.15, -0.1) is 0 Å². The molecule has 1 aromatic carbocycles. The molecular weight excluding hydrogens is 468 g/mol. The standard InChI is InChI=1S/C30H42N2O5/c1-17(2)24(31)26(33)36-16-20-14-28-9-10-30(20,35-4)27-29(28)11-12-32(15-18-5-6-18)22(28)13-19-7-8-21(34-3)25(37-27)23(19)29/h7-8,17-18,20,22,24,27H,5-6,9-16,31H2,1-4H3/t20-,22-,24+,27-,28?,29?,30?/m1/s1. The number of hydrogen-bond acceptors (Lipinski definition) is 7. The van der Waals surface area contributed by atoms with Crippen molar-refractivity contribution in [2.45, 2.75) is 88.0 Å². The van der Waals surface area contributed by atoms with E-state index in [0.717, 1.165) is 56.1 Å². The average molecular weight is 511 g/mol. The number of hydrogen-bond donors (Lipinski definition) is 1. The number of piperidine rings is 1. The van der Waals surface area contributed by atoms with E-state index in [2.05, 4.69) is 17.0 Å². The maximum absolute atomic E-state index is 12.8. The molecule has 0 aromatic heterocycles. The fraction of sp³-hybridized carbons (Fsp3) is 0.767. The van der Waals surface area contributed by atoms with Gasteiger partial charge < -0.3 is 24.7 Å². The predicted molar refractivity (Wildman–Crippen MR) is 139 cm³/mol. The number of carbonyl (C=O) groups is 1. The van der Waals surface area contributed by atoms with E-state index in [9.17, 15) is 4.79 Å². The Kier molecular flexibility index (Phi) is 5.30. The molecule has 1 saturated heterocycles. The summed E-state index contributed by atoms with van der Waals surface area (Å²) in [5.74, 6) is 2.42. The molecule has 2 N–H and O–H groups in total. The molecule has 5 aliphatic carbocycles. The number of nitrogens with zero attached hydrogens (tertiary/aromatic N) is 1. The first kappa shape index (κ1) is 24.2. The van der Waals surface area contributed by atoms with Crippen LogP contribution in [0.4, 0.5) is 0 Å². The van der Waals surface area contributed by atoms with Crippen LogP contribution in [0.2, 0.25) is 0 Å². The molecule has 1 aromatic rings. The van der Waals surface area contributed by atoms with Crippen LogP contribution in [-0.2, 0) is 26.1 Å². The molecule has 2 spiro atoms. The molecule has 0 radical (unpaired) electrons. The lowest BCUT2D eigenvalue weighted by Gasteiger charge is -2.73. The van der Waals surface area contributed by atoms with Crippen molar-refractivity contribution in [3.05, 3.63) is 23.3 Å². The highest BCUT2D eigenvalue weighted by atomic mass is 16.6. The lowest BCUT2D eigenvalue weighted by molar-refractivity contribution is -0.282. The number of fused-ring (bicyclic) bond motifs is 2. The zero-order chi connectivity index (χ0) is 25.7. The average Bonchev–Trinajstić information content (AvgIpc) is 3.65. The maximum Gasteiger partial charge on any atom is 0.323 e. The molecule has 7 nitrogen and oxygen atoms in total. The lowest BCUT2D eigenvalue weighted by Crippen LogP contribution is -2.81. The van der Waals surface area contributed by atoms with Gasteiger partial charge in [-0.3, -0.25) is 9.69 Å². The third-order valence-corrected chi connectivity index (χ3v) is 11.4. The Labute approximate surface area is 220 Å². The summed E-state index contributed by atoms with van der Waals surface area (Å²) in [6.07, 6.45) is 7.81. The number of benzene rings is 1. The Morgan fingerprint density at radius 1 is 1.22 bits per heavy atom. The molecule has 37 heavy (non-hydrogen) atoms. The molecule has 4 saturated carbocycles. The smallest absolute Gasteiger partial charge is 0.323 e. The minimum atomic E-state index is -0.606. The topological polar surface area (TPSA) is 83.2 Å². The summed E-state index contributed by atoms with van der Waals surface area (Å²) in [7, 11) is 3.57. The summed E-state index contributed by atoms with van der Waals surface area (Å²) in [6, 6.07) is 4.26. The van der Waals surface area contributed by atoms with Crippen LogP contribution in [0.3, 0.4) is 0 Å². The van der Waals surface area contributed by atoms with E-state index in [1.54, 1.807) is 7.11 Å². The van der Waals surface area contributed by atoms with Crippen molar-refractivity contribution >= 4 is 5.97 Å². The van der Waals surface area contributed by atoms with Crippen LogP contribution < -0.4 is 15.2 Å². The van der Waals surface area contributed by atoms with Gasteiger partial charge in [0.05, 0.1) is 13.7 Å². The van der Waals surface area contributed by atoms with Gasteiger partial charge in [0.25, 0.3) is 0 Å². The monoisotopic (exact) mass is 510 g/mol. The zero-order valence-corrected chi connectivity index (χ0v) is 22.8. The first-order chi connectivity index (χ1) is 17.8. The first-order valence-electron chi connectivity index (χ1n) is 14.4. The number of likely N-dealkylation sites (tertiary alicyclic amines) is 1. The number of rotatable bonds is 8. The van der Waals surface area contributed by atoms with Crippen LogP contribution in [0.25, 0.3) is 0 Å². The number of methoxy groups -OCH3 is 2. The molecule has 0 amide bonds. The number of ether oxygens (including phenoxy) is 4. The molecule has 7 aliphatic rings. The van der Waals surface area contributed by atoms with Crippen molar-refractivity contribution < 1.29 is 23.7 Å². The second-order valence-corrected chi connectivity index (χ2v) is 13.1. The van der Waals surface area contributed by atoms with E-state index in [-0.39, 0.29) is 34.7 Å². The number of nitrogens with two attached hydrogens (primary N) is 1. The van der Waals surface area contributed by atoms with Crippen LogP contribution in [0.15, 0.2) is 12.1 Å². The minimum Gasteiger partial charge on any atom is -0.493 e. The molecule has 8 rings (SSSR count). The third-order valence-electron chi connectivity index (χ3n) is 11.4. The van der Waals surface area contributed by atoms with Gasteiger partial charge in [-0.25, -0.2) is 0 Å². The summed E-state index contributed by atoms with van der Waals surface area (Å²) in [5, 5.41) is 0. The molecule has 2 aliphatic heterocycles. The van der Waals surface area contributed by atoms with Crippen LogP contribution in [0.1, 0.15) is 63.5 Å². The molecule has 202 valence electrons. The molecular formula is C30H42N2O5. The predicted octanol–water partition coefficient (Wildman–Crippen LogP) is 3.45. The van der Waals surface area contributed by atoms with Crippen LogP contribution in [-0.4, -0.2) is 68.6 Å².